The first kappa shape index (κ1) is 14.9. The van der Waals surface area contributed by atoms with E-state index in [1.807, 2.05) is 0 Å². The summed E-state index contributed by atoms with van der Waals surface area (Å²) in [4.78, 5) is 0. The minimum absolute atomic E-state index is 0. The maximum Gasteiger partial charge on any atom is 0.104 e. The molecule has 102 valence electrons. The fraction of sp³-hybridized carbons (Fsp3) is 1.00. The maximum absolute atomic E-state index is 5.45. The Hall–Kier alpha value is -0.160. The van der Waals surface area contributed by atoms with Gasteiger partial charge in [0.25, 0.3) is 0 Å². The lowest BCUT2D eigenvalue weighted by atomic mass is 10.2. The zero-order valence-electron chi connectivity index (χ0n) is 9.86. The van der Waals surface area contributed by atoms with E-state index in [0.717, 1.165) is 52.5 Å². The molecule has 2 fully saturated rings. The van der Waals surface area contributed by atoms with Gasteiger partial charge in [-0.05, 0) is 12.8 Å². The van der Waals surface area contributed by atoms with Gasteiger partial charge in [-0.1, -0.05) is 20.3 Å². The Morgan fingerprint density at radius 1 is 0.765 bits per heavy atom. The number of epoxide rings is 2. The molecule has 2 heterocycles. The highest BCUT2D eigenvalue weighted by molar-refractivity contribution is 4.67. The van der Waals surface area contributed by atoms with E-state index in [-0.39, 0.29) is 7.43 Å². The molecular formula is C13H26O4. The van der Waals surface area contributed by atoms with E-state index >= 15 is 0 Å². The summed E-state index contributed by atoms with van der Waals surface area (Å²) in [7, 11) is 0. The topological polar surface area (TPSA) is 43.5 Å². The molecule has 2 aliphatic heterocycles. The summed E-state index contributed by atoms with van der Waals surface area (Å²) < 4.78 is 21.0. The zero-order valence-corrected chi connectivity index (χ0v) is 9.86. The van der Waals surface area contributed by atoms with Crippen LogP contribution in [0.25, 0.3) is 0 Å². The summed E-state index contributed by atoms with van der Waals surface area (Å²) in [5, 5.41) is 0. The van der Waals surface area contributed by atoms with E-state index in [1.165, 1.54) is 12.8 Å². The molecule has 0 spiro atoms. The van der Waals surface area contributed by atoms with E-state index in [0.29, 0.717) is 12.2 Å². The molecule has 17 heavy (non-hydrogen) atoms. The van der Waals surface area contributed by atoms with Crippen molar-refractivity contribution in [2.75, 3.05) is 39.6 Å². The Bertz CT molecular complexity index is 158. The van der Waals surface area contributed by atoms with Crippen LogP contribution in [0.4, 0.5) is 0 Å². The quantitative estimate of drug-likeness (QED) is 0.413. The summed E-state index contributed by atoms with van der Waals surface area (Å²) in [6.07, 6.45) is 5.57. The Morgan fingerprint density at radius 3 is 1.53 bits per heavy atom. The van der Waals surface area contributed by atoms with Crippen molar-refractivity contribution >= 4 is 0 Å². The van der Waals surface area contributed by atoms with Crippen LogP contribution in [0.15, 0.2) is 0 Å². The van der Waals surface area contributed by atoms with Crippen LogP contribution in [0.2, 0.25) is 0 Å². The lowest BCUT2D eigenvalue weighted by Gasteiger charge is -2.03. The number of hydrogen-bond donors (Lipinski definition) is 0. The van der Waals surface area contributed by atoms with Crippen molar-refractivity contribution in [3.8, 4) is 0 Å². The van der Waals surface area contributed by atoms with Crippen LogP contribution in [0.5, 0.6) is 0 Å². The van der Waals surface area contributed by atoms with Crippen molar-refractivity contribution in [3.05, 3.63) is 0 Å². The van der Waals surface area contributed by atoms with Gasteiger partial charge in [0.2, 0.25) is 0 Å². The van der Waals surface area contributed by atoms with Crippen LogP contribution in [-0.4, -0.2) is 51.8 Å². The van der Waals surface area contributed by atoms with E-state index in [9.17, 15) is 0 Å². The average molecular weight is 246 g/mol. The van der Waals surface area contributed by atoms with Crippen molar-refractivity contribution in [3.63, 3.8) is 0 Å². The summed E-state index contributed by atoms with van der Waals surface area (Å²) >= 11 is 0. The van der Waals surface area contributed by atoms with Gasteiger partial charge in [-0.3, -0.25) is 0 Å². The molecule has 0 aliphatic carbocycles. The van der Waals surface area contributed by atoms with E-state index < -0.39 is 0 Å². The fourth-order valence-electron chi connectivity index (χ4n) is 1.52. The van der Waals surface area contributed by atoms with Crippen molar-refractivity contribution < 1.29 is 18.9 Å². The Kier molecular flexibility index (Phi) is 7.77. The number of unbranched alkanes of at least 4 members (excludes halogenated alkanes) is 3. The van der Waals surface area contributed by atoms with Crippen LogP contribution in [0.3, 0.4) is 0 Å². The van der Waals surface area contributed by atoms with Gasteiger partial charge in [0, 0.05) is 13.2 Å². The van der Waals surface area contributed by atoms with Gasteiger partial charge >= 0.3 is 0 Å². The van der Waals surface area contributed by atoms with Gasteiger partial charge in [0.05, 0.1) is 26.4 Å². The molecule has 0 saturated carbocycles. The lowest BCUT2D eigenvalue weighted by molar-refractivity contribution is 0.105. The van der Waals surface area contributed by atoms with E-state index in [4.69, 9.17) is 18.9 Å². The zero-order chi connectivity index (χ0) is 11.1. The predicted octanol–water partition coefficient (Wildman–Crippen LogP) is 2.01. The monoisotopic (exact) mass is 246 g/mol. The SMILES string of the molecule is C.C(CCCOCC1CO1)CCOCC1CO1. The van der Waals surface area contributed by atoms with Crippen molar-refractivity contribution in [2.45, 2.75) is 45.3 Å². The van der Waals surface area contributed by atoms with E-state index in [2.05, 4.69) is 0 Å². The highest BCUT2D eigenvalue weighted by Gasteiger charge is 2.22. The smallest absolute Gasteiger partial charge is 0.104 e. The largest absolute Gasteiger partial charge is 0.379 e. The molecule has 0 N–H and O–H groups in total. The molecule has 4 nitrogen and oxygen atoms in total. The first-order valence-corrected chi connectivity index (χ1v) is 6.34. The number of hydrogen-bond acceptors (Lipinski definition) is 4. The van der Waals surface area contributed by atoms with Crippen LogP contribution < -0.4 is 0 Å². The highest BCUT2D eigenvalue weighted by atomic mass is 16.6. The maximum atomic E-state index is 5.45. The number of ether oxygens (including phenoxy) is 4. The number of rotatable bonds is 11. The van der Waals surface area contributed by atoms with Gasteiger partial charge in [-0.2, -0.15) is 0 Å². The first-order chi connectivity index (χ1) is 7.95. The van der Waals surface area contributed by atoms with Crippen molar-refractivity contribution in [1.29, 1.82) is 0 Å². The van der Waals surface area contributed by atoms with Crippen molar-refractivity contribution in [2.24, 2.45) is 0 Å². The minimum atomic E-state index is 0. The molecule has 2 rings (SSSR count). The Morgan fingerprint density at radius 2 is 1.18 bits per heavy atom. The first-order valence-electron chi connectivity index (χ1n) is 6.34. The molecule has 0 amide bonds. The minimum Gasteiger partial charge on any atom is -0.379 e. The molecule has 0 aromatic rings. The Balaban J connectivity index is 0.00000144. The van der Waals surface area contributed by atoms with Crippen molar-refractivity contribution in [1.82, 2.24) is 0 Å². The van der Waals surface area contributed by atoms with E-state index in [1.54, 1.807) is 0 Å². The molecule has 0 aromatic carbocycles. The second-order valence-corrected chi connectivity index (χ2v) is 4.47. The summed E-state index contributed by atoms with van der Waals surface area (Å²) in [6, 6.07) is 0. The van der Waals surface area contributed by atoms with Crippen LogP contribution in [0, 0.1) is 0 Å². The second kappa shape index (κ2) is 8.86. The molecule has 4 heteroatoms. The van der Waals surface area contributed by atoms with Gasteiger partial charge in [0.15, 0.2) is 0 Å². The van der Waals surface area contributed by atoms with Gasteiger partial charge in [0.1, 0.15) is 12.2 Å². The third-order valence-electron chi connectivity index (χ3n) is 2.74. The molecule has 0 aromatic heterocycles. The predicted molar refractivity (Wildman–Crippen MR) is 66.3 cm³/mol. The Labute approximate surface area is 105 Å². The highest BCUT2D eigenvalue weighted by Crippen LogP contribution is 2.10. The van der Waals surface area contributed by atoms with Gasteiger partial charge in [-0.15, -0.1) is 0 Å². The van der Waals surface area contributed by atoms with Gasteiger partial charge < -0.3 is 18.9 Å². The molecule has 2 unspecified atom stereocenters. The average Bonchev–Trinajstić information content (AvgIpc) is 3.14. The summed E-state index contributed by atoms with van der Waals surface area (Å²) in [5.41, 5.74) is 0. The van der Waals surface area contributed by atoms with Crippen LogP contribution in [0.1, 0.15) is 33.1 Å². The molecule has 2 atom stereocenters. The third-order valence-corrected chi connectivity index (χ3v) is 2.74. The standard InChI is InChI=1S/C12H22O4.CH4/c1(3-5-13-7-11-9-15-11)2-4-6-14-8-12-10-16-12;/h11-12H,1-10H2;1H4. The molecule has 2 saturated heterocycles. The summed E-state index contributed by atoms with van der Waals surface area (Å²) in [6.45, 7) is 5.09. The van der Waals surface area contributed by atoms with Crippen LogP contribution in [-0.2, 0) is 18.9 Å². The van der Waals surface area contributed by atoms with Gasteiger partial charge in [-0.25, -0.2) is 0 Å². The summed E-state index contributed by atoms with van der Waals surface area (Å²) in [5.74, 6) is 0. The molecule has 2 aliphatic rings. The lowest BCUT2D eigenvalue weighted by Crippen LogP contribution is -2.04. The fourth-order valence-corrected chi connectivity index (χ4v) is 1.52. The normalized spacial score (nSPS) is 25.4. The molecule has 0 radical (unpaired) electrons. The second-order valence-electron chi connectivity index (χ2n) is 4.47. The third kappa shape index (κ3) is 8.55. The molecular weight excluding hydrogens is 220 g/mol. The van der Waals surface area contributed by atoms with Crippen LogP contribution >= 0.6 is 0 Å². The molecule has 0 bridgehead atoms.